The van der Waals surface area contributed by atoms with E-state index in [0.29, 0.717) is 0 Å². The van der Waals surface area contributed by atoms with Crippen LogP contribution in [0.25, 0.3) is 0 Å². The zero-order valence-electron chi connectivity index (χ0n) is 12.9. The minimum atomic E-state index is 0.954. The highest BCUT2D eigenvalue weighted by Gasteiger charge is 2.13. The van der Waals surface area contributed by atoms with Gasteiger partial charge in [-0.15, -0.1) is 0 Å². The zero-order valence-corrected chi connectivity index (χ0v) is 12.9. The highest BCUT2D eigenvalue weighted by molar-refractivity contribution is 4.65. The van der Waals surface area contributed by atoms with Gasteiger partial charge in [-0.05, 0) is 11.8 Å². The summed E-state index contributed by atoms with van der Waals surface area (Å²) in [5, 5.41) is 0. The van der Waals surface area contributed by atoms with Crippen LogP contribution in [0.2, 0.25) is 0 Å². The van der Waals surface area contributed by atoms with Crippen LogP contribution in [0, 0.1) is 11.8 Å². The van der Waals surface area contributed by atoms with Crippen molar-refractivity contribution in [3.8, 4) is 0 Å². The lowest BCUT2D eigenvalue weighted by Crippen LogP contribution is -2.10. The SMILES string of the molecule is CCCCCCCCCC(C)C(CC)CCC. The minimum Gasteiger partial charge on any atom is -0.0654 e. The molecule has 0 rings (SSSR count). The molecule has 104 valence electrons. The van der Waals surface area contributed by atoms with Crippen molar-refractivity contribution in [3.63, 3.8) is 0 Å². The van der Waals surface area contributed by atoms with Crippen LogP contribution in [0.15, 0.2) is 0 Å². The summed E-state index contributed by atoms with van der Waals surface area (Å²) < 4.78 is 0. The summed E-state index contributed by atoms with van der Waals surface area (Å²) in [5.74, 6) is 1.94. The molecule has 0 aromatic rings. The second-order valence-electron chi connectivity index (χ2n) is 5.84. The summed E-state index contributed by atoms with van der Waals surface area (Å²) in [4.78, 5) is 0. The fraction of sp³-hybridized carbons (Fsp3) is 1.00. The molecule has 0 amide bonds. The van der Waals surface area contributed by atoms with Crippen LogP contribution in [0.5, 0.6) is 0 Å². The number of hydrogen-bond acceptors (Lipinski definition) is 0. The van der Waals surface area contributed by atoms with Crippen molar-refractivity contribution in [3.05, 3.63) is 0 Å². The summed E-state index contributed by atoms with van der Waals surface area (Å²) in [6, 6.07) is 0. The molecule has 0 aliphatic heterocycles. The maximum absolute atomic E-state index is 2.47. The van der Waals surface area contributed by atoms with Gasteiger partial charge in [-0.25, -0.2) is 0 Å². The summed E-state index contributed by atoms with van der Waals surface area (Å²) in [6.45, 7) is 9.45. The smallest absolute Gasteiger partial charge is 0.0391 e. The molecule has 0 bridgehead atoms. The van der Waals surface area contributed by atoms with Gasteiger partial charge in [0.05, 0.1) is 0 Å². The molecule has 0 saturated carbocycles. The summed E-state index contributed by atoms with van der Waals surface area (Å²) in [5.41, 5.74) is 0. The van der Waals surface area contributed by atoms with E-state index in [1.165, 1.54) is 70.6 Å². The average molecular weight is 240 g/mol. The van der Waals surface area contributed by atoms with E-state index in [4.69, 9.17) is 0 Å². The monoisotopic (exact) mass is 240 g/mol. The van der Waals surface area contributed by atoms with Gasteiger partial charge in [0, 0.05) is 0 Å². The molecule has 17 heavy (non-hydrogen) atoms. The lowest BCUT2D eigenvalue weighted by Gasteiger charge is -2.22. The van der Waals surface area contributed by atoms with E-state index >= 15 is 0 Å². The fourth-order valence-electron chi connectivity index (χ4n) is 2.92. The third-order valence-corrected chi connectivity index (χ3v) is 4.25. The Morgan fingerprint density at radius 3 is 1.76 bits per heavy atom. The number of hydrogen-bond donors (Lipinski definition) is 0. The van der Waals surface area contributed by atoms with Gasteiger partial charge in [0.2, 0.25) is 0 Å². The zero-order chi connectivity index (χ0) is 12.9. The Kier molecular flexibility index (Phi) is 12.5. The van der Waals surface area contributed by atoms with Gasteiger partial charge in [0.25, 0.3) is 0 Å². The van der Waals surface area contributed by atoms with Gasteiger partial charge < -0.3 is 0 Å². The first-order chi connectivity index (χ1) is 8.26. The van der Waals surface area contributed by atoms with E-state index in [9.17, 15) is 0 Å². The molecule has 0 aliphatic carbocycles. The molecule has 0 heterocycles. The van der Waals surface area contributed by atoms with Crippen molar-refractivity contribution in [1.82, 2.24) is 0 Å². The predicted octanol–water partition coefficient (Wildman–Crippen LogP) is 6.59. The maximum atomic E-state index is 2.47. The van der Waals surface area contributed by atoms with Crippen molar-refractivity contribution in [2.24, 2.45) is 11.8 Å². The van der Waals surface area contributed by atoms with Gasteiger partial charge in [-0.2, -0.15) is 0 Å². The van der Waals surface area contributed by atoms with Crippen molar-refractivity contribution >= 4 is 0 Å². The molecule has 0 aliphatic rings. The predicted molar refractivity (Wildman–Crippen MR) is 80.5 cm³/mol. The maximum Gasteiger partial charge on any atom is -0.0391 e. The molecular weight excluding hydrogens is 204 g/mol. The Morgan fingerprint density at radius 1 is 0.647 bits per heavy atom. The fourth-order valence-corrected chi connectivity index (χ4v) is 2.92. The summed E-state index contributed by atoms with van der Waals surface area (Å²) in [6.07, 6.45) is 15.8. The van der Waals surface area contributed by atoms with Crippen molar-refractivity contribution in [2.45, 2.75) is 98.3 Å². The second kappa shape index (κ2) is 12.5. The Balaban J connectivity index is 3.39. The van der Waals surface area contributed by atoms with E-state index in [1.807, 2.05) is 0 Å². The second-order valence-corrected chi connectivity index (χ2v) is 5.84. The Hall–Kier alpha value is 0. The molecule has 0 fully saturated rings. The van der Waals surface area contributed by atoms with E-state index < -0.39 is 0 Å². The van der Waals surface area contributed by atoms with Crippen LogP contribution < -0.4 is 0 Å². The first-order valence-electron chi connectivity index (χ1n) is 8.26. The minimum absolute atomic E-state index is 0.954. The van der Waals surface area contributed by atoms with Crippen LogP contribution in [-0.2, 0) is 0 Å². The third kappa shape index (κ3) is 9.68. The van der Waals surface area contributed by atoms with Gasteiger partial charge in [-0.1, -0.05) is 98.3 Å². The molecule has 2 atom stereocenters. The molecule has 0 radical (unpaired) electrons. The molecule has 2 unspecified atom stereocenters. The molecule has 0 nitrogen and oxygen atoms in total. The van der Waals surface area contributed by atoms with E-state index in [-0.39, 0.29) is 0 Å². The van der Waals surface area contributed by atoms with Gasteiger partial charge in [-0.3, -0.25) is 0 Å². The van der Waals surface area contributed by atoms with Crippen LogP contribution in [-0.4, -0.2) is 0 Å². The van der Waals surface area contributed by atoms with Crippen molar-refractivity contribution in [1.29, 1.82) is 0 Å². The molecule has 0 spiro atoms. The number of rotatable bonds is 12. The Labute approximate surface area is 111 Å². The standard InChI is InChI=1S/C17H36/c1-5-8-9-10-11-12-13-15-16(4)17(7-3)14-6-2/h16-17H,5-15H2,1-4H3. The quantitative estimate of drug-likeness (QED) is 0.338. The molecule has 0 aromatic carbocycles. The lowest BCUT2D eigenvalue weighted by atomic mass is 9.84. The average Bonchev–Trinajstić information content (AvgIpc) is 2.34. The Bertz CT molecular complexity index is 139. The van der Waals surface area contributed by atoms with Crippen molar-refractivity contribution in [2.75, 3.05) is 0 Å². The van der Waals surface area contributed by atoms with E-state index in [2.05, 4.69) is 27.7 Å². The van der Waals surface area contributed by atoms with E-state index in [0.717, 1.165) is 11.8 Å². The van der Waals surface area contributed by atoms with Gasteiger partial charge >= 0.3 is 0 Å². The Morgan fingerprint density at radius 2 is 1.24 bits per heavy atom. The van der Waals surface area contributed by atoms with Gasteiger partial charge in [0.1, 0.15) is 0 Å². The largest absolute Gasteiger partial charge is 0.0654 e. The summed E-state index contributed by atoms with van der Waals surface area (Å²) >= 11 is 0. The molecule has 0 N–H and O–H groups in total. The molecule has 0 heteroatoms. The van der Waals surface area contributed by atoms with Crippen LogP contribution in [0.4, 0.5) is 0 Å². The first kappa shape index (κ1) is 17.0. The van der Waals surface area contributed by atoms with E-state index in [1.54, 1.807) is 0 Å². The van der Waals surface area contributed by atoms with Gasteiger partial charge in [0.15, 0.2) is 0 Å². The third-order valence-electron chi connectivity index (χ3n) is 4.25. The highest BCUT2D eigenvalue weighted by atomic mass is 14.2. The van der Waals surface area contributed by atoms with Crippen LogP contribution in [0.1, 0.15) is 98.3 Å². The molecular formula is C17H36. The van der Waals surface area contributed by atoms with Crippen LogP contribution >= 0.6 is 0 Å². The number of unbranched alkanes of at least 4 members (excludes halogenated alkanes) is 6. The highest BCUT2D eigenvalue weighted by Crippen LogP contribution is 2.25. The molecule has 0 aromatic heterocycles. The first-order valence-corrected chi connectivity index (χ1v) is 8.26. The molecule has 0 saturated heterocycles. The topological polar surface area (TPSA) is 0 Å². The van der Waals surface area contributed by atoms with Crippen molar-refractivity contribution < 1.29 is 0 Å². The normalized spacial score (nSPS) is 14.8. The van der Waals surface area contributed by atoms with Crippen LogP contribution in [0.3, 0.4) is 0 Å². The summed E-state index contributed by atoms with van der Waals surface area (Å²) in [7, 11) is 0. The lowest BCUT2D eigenvalue weighted by molar-refractivity contribution is 0.297.